The van der Waals surface area contributed by atoms with E-state index >= 15 is 0 Å². The molecule has 0 bridgehead atoms. The minimum Gasteiger partial charge on any atom is -0.497 e. The van der Waals surface area contributed by atoms with Gasteiger partial charge in [0, 0.05) is 24.8 Å². The van der Waals surface area contributed by atoms with E-state index in [0.717, 1.165) is 18.8 Å². The molecule has 2 rings (SSSR count). The summed E-state index contributed by atoms with van der Waals surface area (Å²) in [5.41, 5.74) is 1.30. The van der Waals surface area contributed by atoms with Crippen molar-refractivity contribution in [1.82, 2.24) is 5.32 Å². The Hall–Kier alpha value is -1.22. The van der Waals surface area contributed by atoms with Crippen molar-refractivity contribution in [1.29, 1.82) is 0 Å². The van der Waals surface area contributed by atoms with Crippen LogP contribution < -0.4 is 15.0 Å². The summed E-state index contributed by atoms with van der Waals surface area (Å²) in [4.78, 5) is 2.44. The van der Waals surface area contributed by atoms with Crippen LogP contribution in [0, 0.1) is 0 Å². The Morgan fingerprint density at radius 1 is 1.19 bits per heavy atom. The molecule has 0 radical (unpaired) electrons. The minimum absolute atomic E-state index is 0.689. The van der Waals surface area contributed by atoms with E-state index in [1.807, 2.05) is 19.2 Å². The van der Waals surface area contributed by atoms with Crippen LogP contribution in [0.15, 0.2) is 24.3 Å². The molecule has 1 N–H and O–H groups in total. The highest BCUT2D eigenvalue weighted by Gasteiger charge is 2.17. The van der Waals surface area contributed by atoms with Gasteiger partial charge < -0.3 is 15.0 Å². The van der Waals surface area contributed by atoms with Crippen LogP contribution in [0.3, 0.4) is 0 Å². The highest BCUT2D eigenvalue weighted by molar-refractivity contribution is 5.49. The number of benzene rings is 1. The summed E-state index contributed by atoms with van der Waals surface area (Å²) in [6, 6.07) is 9.02. The zero-order chi connectivity index (χ0) is 11.4. The number of nitrogens with one attached hydrogen (secondary N) is 1. The number of hydrogen-bond acceptors (Lipinski definition) is 3. The largest absolute Gasteiger partial charge is 0.497 e. The van der Waals surface area contributed by atoms with Crippen molar-refractivity contribution < 1.29 is 4.74 Å². The molecule has 1 aliphatic rings. The molecule has 3 heteroatoms. The molecule has 1 fully saturated rings. The zero-order valence-corrected chi connectivity index (χ0v) is 10.1. The Labute approximate surface area is 97.4 Å². The lowest BCUT2D eigenvalue weighted by Crippen LogP contribution is -2.41. The molecular weight excluding hydrogens is 200 g/mol. The number of nitrogens with zero attached hydrogens (tertiary/aromatic N) is 1. The summed E-state index contributed by atoms with van der Waals surface area (Å²) in [6.07, 6.45) is 2.45. The molecule has 0 aliphatic carbocycles. The van der Waals surface area contributed by atoms with Gasteiger partial charge in [0.05, 0.1) is 7.11 Å². The fourth-order valence-electron chi connectivity index (χ4n) is 2.22. The van der Waals surface area contributed by atoms with E-state index in [0.29, 0.717) is 6.04 Å². The molecule has 0 spiro atoms. The number of methoxy groups -OCH3 is 1. The van der Waals surface area contributed by atoms with E-state index in [1.54, 1.807) is 7.11 Å². The molecule has 1 aliphatic heterocycles. The Morgan fingerprint density at radius 3 is 2.31 bits per heavy atom. The maximum atomic E-state index is 5.16. The van der Waals surface area contributed by atoms with E-state index in [-0.39, 0.29) is 0 Å². The predicted molar refractivity (Wildman–Crippen MR) is 67.3 cm³/mol. The van der Waals surface area contributed by atoms with Crippen molar-refractivity contribution in [3.05, 3.63) is 24.3 Å². The fourth-order valence-corrected chi connectivity index (χ4v) is 2.22. The Kier molecular flexibility index (Phi) is 3.67. The first-order chi connectivity index (χ1) is 7.83. The van der Waals surface area contributed by atoms with Crippen LogP contribution in [0.5, 0.6) is 5.75 Å². The van der Waals surface area contributed by atoms with Gasteiger partial charge in [-0.1, -0.05) is 0 Å². The van der Waals surface area contributed by atoms with Crippen molar-refractivity contribution in [3.8, 4) is 5.75 Å². The Bertz CT molecular complexity index is 315. The Morgan fingerprint density at radius 2 is 1.81 bits per heavy atom. The van der Waals surface area contributed by atoms with Gasteiger partial charge in [-0.15, -0.1) is 0 Å². The first kappa shape index (κ1) is 11.3. The average Bonchev–Trinajstić information content (AvgIpc) is 2.39. The standard InChI is InChI=1S/C13H20N2O/c1-14-11-7-9-15(10-8-11)12-3-5-13(16-2)6-4-12/h3-6,11,14H,7-10H2,1-2H3. The molecule has 88 valence electrons. The van der Waals surface area contributed by atoms with Crippen LogP contribution in [0.4, 0.5) is 5.69 Å². The average molecular weight is 220 g/mol. The lowest BCUT2D eigenvalue weighted by Gasteiger charge is -2.33. The third kappa shape index (κ3) is 2.47. The van der Waals surface area contributed by atoms with Crippen molar-refractivity contribution in [2.24, 2.45) is 0 Å². The molecule has 1 heterocycles. The van der Waals surface area contributed by atoms with E-state index in [2.05, 4.69) is 22.3 Å². The number of hydrogen-bond donors (Lipinski definition) is 1. The summed E-state index contributed by atoms with van der Waals surface area (Å²) in [5, 5.41) is 3.35. The maximum Gasteiger partial charge on any atom is 0.119 e. The third-order valence-electron chi connectivity index (χ3n) is 3.34. The lowest BCUT2D eigenvalue weighted by atomic mass is 10.0. The number of rotatable bonds is 3. The predicted octanol–water partition coefficient (Wildman–Crippen LogP) is 1.88. The van der Waals surface area contributed by atoms with Crippen LogP contribution in [0.1, 0.15) is 12.8 Å². The van der Waals surface area contributed by atoms with Gasteiger partial charge in [-0.05, 0) is 44.2 Å². The summed E-state index contributed by atoms with van der Waals surface area (Å²) >= 11 is 0. The molecule has 3 nitrogen and oxygen atoms in total. The smallest absolute Gasteiger partial charge is 0.119 e. The highest BCUT2D eigenvalue weighted by atomic mass is 16.5. The second kappa shape index (κ2) is 5.21. The topological polar surface area (TPSA) is 24.5 Å². The maximum absolute atomic E-state index is 5.16. The molecule has 0 amide bonds. The molecule has 0 unspecified atom stereocenters. The van der Waals surface area contributed by atoms with Crippen molar-refractivity contribution in [2.75, 3.05) is 32.1 Å². The second-order valence-electron chi connectivity index (χ2n) is 4.25. The van der Waals surface area contributed by atoms with Gasteiger partial charge in [0.2, 0.25) is 0 Å². The SMILES string of the molecule is CNC1CCN(c2ccc(OC)cc2)CC1. The van der Waals surface area contributed by atoms with Crippen LogP contribution >= 0.6 is 0 Å². The number of ether oxygens (including phenoxy) is 1. The first-order valence-corrected chi connectivity index (χ1v) is 5.89. The van der Waals surface area contributed by atoms with Crippen LogP contribution in [-0.4, -0.2) is 33.3 Å². The molecule has 16 heavy (non-hydrogen) atoms. The quantitative estimate of drug-likeness (QED) is 0.842. The summed E-state index contributed by atoms with van der Waals surface area (Å²) in [7, 11) is 3.75. The molecule has 1 saturated heterocycles. The van der Waals surface area contributed by atoms with E-state index in [1.165, 1.54) is 18.5 Å². The van der Waals surface area contributed by atoms with Crippen molar-refractivity contribution >= 4 is 5.69 Å². The lowest BCUT2D eigenvalue weighted by molar-refractivity contribution is 0.414. The van der Waals surface area contributed by atoms with Crippen molar-refractivity contribution in [3.63, 3.8) is 0 Å². The van der Waals surface area contributed by atoms with Crippen molar-refractivity contribution in [2.45, 2.75) is 18.9 Å². The first-order valence-electron chi connectivity index (χ1n) is 5.89. The molecule has 0 saturated carbocycles. The molecule has 1 aromatic rings. The van der Waals surface area contributed by atoms with E-state index in [9.17, 15) is 0 Å². The number of anilines is 1. The number of piperidine rings is 1. The van der Waals surface area contributed by atoms with Gasteiger partial charge in [-0.2, -0.15) is 0 Å². The fraction of sp³-hybridized carbons (Fsp3) is 0.538. The van der Waals surface area contributed by atoms with Gasteiger partial charge in [-0.25, -0.2) is 0 Å². The monoisotopic (exact) mass is 220 g/mol. The normalized spacial score (nSPS) is 17.5. The van der Waals surface area contributed by atoms with Gasteiger partial charge in [0.15, 0.2) is 0 Å². The molecule has 1 aromatic carbocycles. The Balaban J connectivity index is 1.97. The van der Waals surface area contributed by atoms with Crippen LogP contribution in [0.25, 0.3) is 0 Å². The summed E-state index contributed by atoms with van der Waals surface area (Å²) in [6.45, 7) is 2.27. The molecule has 0 atom stereocenters. The van der Waals surface area contributed by atoms with Gasteiger partial charge in [0.25, 0.3) is 0 Å². The zero-order valence-electron chi connectivity index (χ0n) is 10.1. The second-order valence-corrected chi connectivity index (χ2v) is 4.25. The van der Waals surface area contributed by atoms with Crippen LogP contribution in [-0.2, 0) is 0 Å². The van der Waals surface area contributed by atoms with E-state index < -0.39 is 0 Å². The molecule has 0 aromatic heterocycles. The minimum atomic E-state index is 0.689. The highest BCUT2D eigenvalue weighted by Crippen LogP contribution is 2.22. The summed E-state index contributed by atoms with van der Waals surface area (Å²) < 4.78 is 5.16. The van der Waals surface area contributed by atoms with Gasteiger partial charge >= 0.3 is 0 Å². The van der Waals surface area contributed by atoms with Crippen LogP contribution in [0.2, 0.25) is 0 Å². The van der Waals surface area contributed by atoms with E-state index in [4.69, 9.17) is 4.74 Å². The third-order valence-corrected chi connectivity index (χ3v) is 3.34. The molecular formula is C13H20N2O. The van der Waals surface area contributed by atoms with Gasteiger partial charge in [-0.3, -0.25) is 0 Å². The summed E-state index contributed by atoms with van der Waals surface area (Å²) in [5.74, 6) is 0.925. The van der Waals surface area contributed by atoms with Gasteiger partial charge in [0.1, 0.15) is 5.75 Å².